The highest BCUT2D eigenvalue weighted by molar-refractivity contribution is 8.01. The van der Waals surface area contributed by atoms with Crippen LogP contribution in [0.1, 0.15) is 10.4 Å². The third kappa shape index (κ3) is 3.24. The lowest BCUT2D eigenvalue weighted by atomic mass is 10.1. The molecule has 6 nitrogen and oxygen atoms in total. The molecule has 21 heavy (non-hydrogen) atoms. The summed E-state index contributed by atoms with van der Waals surface area (Å²) in [6, 6.07) is 2.01. The highest BCUT2D eigenvalue weighted by Crippen LogP contribution is 2.31. The molecule has 0 spiro atoms. The average molecular weight is 334 g/mol. The predicted octanol–water partition coefficient (Wildman–Crippen LogP) is 1.03. The smallest absolute Gasteiger partial charge is 0.337 e. The first-order chi connectivity index (χ1) is 9.71. The molecule has 0 bridgehead atoms. The van der Waals surface area contributed by atoms with E-state index in [4.69, 9.17) is 10.8 Å². The van der Waals surface area contributed by atoms with E-state index < -0.39 is 27.0 Å². The Balaban J connectivity index is 2.53. The maximum atomic E-state index is 14.1. The maximum Gasteiger partial charge on any atom is 0.337 e. The summed E-state index contributed by atoms with van der Waals surface area (Å²) in [4.78, 5) is 12.5. The molecule has 0 aliphatic carbocycles. The summed E-state index contributed by atoms with van der Waals surface area (Å²) in [6.45, 7) is 0.322. The van der Waals surface area contributed by atoms with Gasteiger partial charge in [-0.05, 0) is 12.1 Å². The van der Waals surface area contributed by atoms with Crippen LogP contribution in [0.2, 0.25) is 0 Å². The van der Waals surface area contributed by atoms with E-state index in [1.807, 2.05) is 0 Å². The second-order valence-corrected chi connectivity index (χ2v) is 8.10. The first-order valence-corrected chi connectivity index (χ1v) is 9.18. The van der Waals surface area contributed by atoms with E-state index in [-0.39, 0.29) is 16.9 Å². The number of nitrogens with two attached hydrogens (primary N) is 1. The molecule has 0 radical (unpaired) electrons. The zero-order valence-corrected chi connectivity index (χ0v) is 12.9. The zero-order chi connectivity index (χ0) is 15.8. The lowest BCUT2D eigenvalue weighted by molar-refractivity contribution is 0.0698. The Morgan fingerprint density at radius 3 is 2.76 bits per heavy atom. The molecule has 0 saturated carbocycles. The Morgan fingerprint density at radius 2 is 2.19 bits per heavy atom. The van der Waals surface area contributed by atoms with E-state index in [1.165, 1.54) is 16.7 Å². The van der Waals surface area contributed by atoms with Crippen molar-refractivity contribution in [2.24, 2.45) is 0 Å². The van der Waals surface area contributed by atoms with Crippen molar-refractivity contribution in [3.8, 4) is 0 Å². The lowest BCUT2D eigenvalue weighted by Crippen LogP contribution is -2.47. The lowest BCUT2D eigenvalue weighted by Gasteiger charge is -2.36. The van der Waals surface area contributed by atoms with Crippen molar-refractivity contribution in [3.05, 3.63) is 23.5 Å². The third-order valence-electron chi connectivity index (χ3n) is 3.24. The molecule has 0 amide bonds. The average Bonchev–Trinajstić information content (AvgIpc) is 2.37. The van der Waals surface area contributed by atoms with E-state index >= 15 is 0 Å². The number of thioether (sulfide) groups is 1. The van der Waals surface area contributed by atoms with E-state index in [2.05, 4.69) is 0 Å². The number of anilines is 2. The number of aromatic carboxylic acids is 1. The molecule has 3 N–H and O–H groups in total. The minimum atomic E-state index is -3.42. The molecule has 0 aromatic heterocycles. The van der Waals surface area contributed by atoms with Crippen molar-refractivity contribution in [1.29, 1.82) is 0 Å². The molecule has 9 heteroatoms. The molecule has 1 saturated heterocycles. The number of halogens is 1. The molecule has 1 aliphatic heterocycles. The Hall–Kier alpha value is -1.48. The van der Waals surface area contributed by atoms with Crippen LogP contribution in [0.5, 0.6) is 0 Å². The van der Waals surface area contributed by atoms with E-state index in [0.717, 1.165) is 18.4 Å². The predicted molar refractivity (Wildman–Crippen MR) is 81.1 cm³/mol. The molecular formula is C12H15FN2O4S2. The van der Waals surface area contributed by atoms with Gasteiger partial charge < -0.3 is 15.7 Å². The summed E-state index contributed by atoms with van der Waals surface area (Å²) in [5.41, 5.74) is 5.01. The SMILES string of the molecule is CS(=O)(=O)C1CSCCN1c1cc(C(=O)O)c(N)cc1F. The van der Waals surface area contributed by atoms with Crippen LogP contribution in [-0.2, 0) is 9.84 Å². The fourth-order valence-corrected chi connectivity index (χ4v) is 5.03. The molecule has 1 atom stereocenters. The molecule has 1 unspecified atom stereocenters. The molecule has 116 valence electrons. The molecule has 2 rings (SSSR count). The highest BCUT2D eigenvalue weighted by Gasteiger charge is 2.33. The van der Waals surface area contributed by atoms with Crippen LogP contribution in [0.4, 0.5) is 15.8 Å². The number of carbonyl (C=O) groups is 1. The molecule has 1 aliphatic rings. The topological polar surface area (TPSA) is 101 Å². The Labute approximate surface area is 126 Å². The van der Waals surface area contributed by atoms with Crippen molar-refractivity contribution in [2.45, 2.75) is 5.37 Å². The summed E-state index contributed by atoms with van der Waals surface area (Å²) in [5.74, 6) is -1.06. The Kier molecular flexibility index (Phi) is 4.33. The van der Waals surface area contributed by atoms with Crippen LogP contribution in [0.15, 0.2) is 12.1 Å². The van der Waals surface area contributed by atoms with Gasteiger partial charge in [0.05, 0.1) is 11.3 Å². The normalized spacial score (nSPS) is 19.5. The van der Waals surface area contributed by atoms with Gasteiger partial charge in [0.2, 0.25) is 0 Å². The summed E-state index contributed by atoms with van der Waals surface area (Å²) in [5, 5.41) is 8.18. The third-order valence-corrected chi connectivity index (χ3v) is 5.88. The number of carboxylic acids is 1. The standard InChI is InChI=1S/C12H15FN2O4S2/c1-21(18,19)11-6-20-3-2-15(11)10-4-7(12(16)17)9(14)5-8(10)13/h4-5,11H,2-3,6,14H2,1H3,(H,16,17). The number of benzene rings is 1. The van der Waals surface area contributed by atoms with Crippen LogP contribution >= 0.6 is 11.8 Å². The number of carboxylic acid groups (broad SMARTS) is 1. The highest BCUT2D eigenvalue weighted by atomic mass is 32.2. The van der Waals surface area contributed by atoms with Gasteiger partial charge in [-0.25, -0.2) is 17.6 Å². The van der Waals surface area contributed by atoms with Gasteiger partial charge in [0, 0.05) is 30.0 Å². The second-order valence-electron chi connectivity index (χ2n) is 4.75. The maximum absolute atomic E-state index is 14.1. The Morgan fingerprint density at radius 1 is 1.52 bits per heavy atom. The first kappa shape index (κ1) is 15.9. The first-order valence-electron chi connectivity index (χ1n) is 6.07. The number of nitrogens with zero attached hydrogens (tertiary/aromatic N) is 1. The molecule has 1 heterocycles. The summed E-state index contributed by atoms with van der Waals surface area (Å²) in [6.07, 6.45) is 1.09. The number of nitrogen functional groups attached to an aromatic ring is 1. The van der Waals surface area contributed by atoms with E-state index in [0.29, 0.717) is 18.1 Å². The number of sulfone groups is 1. The Bertz CT molecular complexity index is 678. The van der Waals surface area contributed by atoms with Gasteiger partial charge in [0.1, 0.15) is 11.2 Å². The fourth-order valence-electron chi connectivity index (χ4n) is 2.19. The van der Waals surface area contributed by atoms with Gasteiger partial charge in [0.15, 0.2) is 9.84 Å². The number of hydrogen-bond acceptors (Lipinski definition) is 6. The van der Waals surface area contributed by atoms with Crippen molar-refractivity contribution in [3.63, 3.8) is 0 Å². The second kappa shape index (κ2) is 5.72. The number of hydrogen-bond donors (Lipinski definition) is 2. The molecule has 1 aromatic carbocycles. The van der Waals surface area contributed by atoms with Gasteiger partial charge >= 0.3 is 5.97 Å². The largest absolute Gasteiger partial charge is 0.478 e. The fraction of sp³-hybridized carbons (Fsp3) is 0.417. The van der Waals surface area contributed by atoms with Gasteiger partial charge in [-0.2, -0.15) is 11.8 Å². The van der Waals surface area contributed by atoms with Crippen LogP contribution in [0, 0.1) is 5.82 Å². The minimum Gasteiger partial charge on any atom is -0.478 e. The van der Waals surface area contributed by atoms with Crippen molar-refractivity contribution in [1.82, 2.24) is 0 Å². The number of rotatable bonds is 3. The van der Waals surface area contributed by atoms with Crippen LogP contribution in [0.3, 0.4) is 0 Å². The quantitative estimate of drug-likeness (QED) is 0.796. The van der Waals surface area contributed by atoms with Crippen molar-refractivity contribution in [2.75, 3.05) is 34.9 Å². The van der Waals surface area contributed by atoms with Crippen LogP contribution < -0.4 is 10.6 Å². The van der Waals surface area contributed by atoms with Crippen molar-refractivity contribution < 1.29 is 22.7 Å². The van der Waals surface area contributed by atoms with Crippen molar-refractivity contribution >= 4 is 38.9 Å². The van der Waals surface area contributed by atoms with Crippen LogP contribution in [0.25, 0.3) is 0 Å². The zero-order valence-electron chi connectivity index (χ0n) is 11.2. The molecule has 1 aromatic rings. The van der Waals surface area contributed by atoms with E-state index in [9.17, 15) is 17.6 Å². The molecule has 1 fully saturated rings. The van der Waals surface area contributed by atoms with Gasteiger partial charge in [-0.1, -0.05) is 0 Å². The van der Waals surface area contributed by atoms with Gasteiger partial charge in [-0.3, -0.25) is 0 Å². The van der Waals surface area contributed by atoms with Crippen LogP contribution in [-0.4, -0.2) is 49.2 Å². The van der Waals surface area contributed by atoms with Gasteiger partial charge in [-0.15, -0.1) is 0 Å². The summed E-state index contributed by atoms with van der Waals surface area (Å²) < 4.78 is 37.8. The van der Waals surface area contributed by atoms with E-state index in [1.54, 1.807) is 0 Å². The summed E-state index contributed by atoms with van der Waals surface area (Å²) >= 11 is 1.46. The minimum absolute atomic E-state index is 0.0441. The summed E-state index contributed by atoms with van der Waals surface area (Å²) in [7, 11) is -3.42. The molecular weight excluding hydrogens is 319 g/mol. The van der Waals surface area contributed by atoms with Gasteiger partial charge in [0.25, 0.3) is 0 Å². The monoisotopic (exact) mass is 334 g/mol.